The van der Waals surface area contributed by atoms with Crippen molar-refractivity contribution in [2.75, 3.05) is 0 Å². The maximum atomic E-state index is 9.63. The highest BCUT2D eigenvalue weighted by Gasteiger charge is 2.27. The van der Waals surface area contributed by atoms with Gasteiger partial charge in [-0.05, 0) is 32.4 Å². The topological polar surface area (TPSA) is 124 Å². The van der Waals surface area contributed by atoms with Gasteiger partial charge in [0.05, 0.1) is 0 Å². The van der Waals surface area contributed by atoms with Crippen LogP contribution in [0.1, 0.15) is 0 Å². The Hall–Kier alpha value is 0.800. The van der Waals surface area contributed by atoms with Crippen LogP contribution in [0.5, 0.6) is 0 Å². The van der Waals surface area contributed by atoms with Crippen molar-refractivity contribution >= 4 is 80.4 Å². The van der Waals surface area contributed by atoms with Gasteiger partial charge in [-0.2, -0.15) is 4.31 Å². The predicted molar refractivity (Wildman–Crippen MR) is 126 cm³/mol. The molecule has 0 aromatic carbocycles. The van der Waals surface area contributed by atoms with Gasteiger partial charge in [-0.15, -0.1) is 0 Å². The molecule has 27 heavy (non-hydrogen) atoms. The number of allylic oxidation sites excluding steroid dienone is 6. The molecule has 15 heteroatoms. The third-order valence-electron chi connectivity index (χ3n) is 1.52. The Bertz CT molecular complexity index is 552. The Morgan fingerprint density at radius 3 is 0.704 bits per heavy atom. The Balaban J connectivity index is 0.000000338. The van der Waals surface area contributed by atoms with Crippen LogP contribution in [0.2, 0.25) is 0 Å². The molecule has 7 nitrogen and oxygen atoms in total. The summed E-state index contributed by atoms with van der Waals surface area (Å²) in [6.07, 6.45) is 12.2. The molecule has 0 bridgehead atoms. The lowest BCUT2D eigenvalue weighted by atomic mass is 10.6. The van der Waals surface area contributed by atoms with Crippen molar-refractivity contribution in [3.8, 4) is 0 Å². The smallest absolute Gasteiger partial charge is 0.302 e. The fourth-order valence-corrected chi connectivity index (χ4v) is 5.53. The number of phosphoric acid groups is 2. The largest absolute Gasteiger partial charge is 0.478 e. The van der Waals surface area contributed by atoms with Crippen molar-refractivity contribution in [3.05, 3.63) is 68.9 Å². The zero-order valence-electron chi connectivity index (χ0n) is 13.3. The van der Waals surface area contributed by atoms with Crippen molar-refractivity contribution in [1.82, 2.24) is 0 Å². The van der Waals surface area contributed by atoms with Crippen LogP contribution in [0.15, 0.2) is 68.9 Å². The lowest BCUT2D eigenvalue weighted by molar-refractivity contribution is 0.225. The van der Waals surface area contributed by atoms with Gasteiger partial charge in [0.1, 0.15) is 0 Å². The molecule has 0 radical (unpaired) electrons. The summed E-state index contributed by atoms with van der Waals surface area (Å²) in [6, 6.07) is 0. The maximum Gasteiger partial charge on any atom is 0.478 e. The summed E-state index contributed by atoms with van der Waals surface area (Å²) in [7, 11) is 0.365. The summed E-state index contributed by atoms with van der Waals surface area (Å²) in [4.78, 5) is 31.0. The van der Waals surface area contributed by atoms with E-state index in [1.54, 1.807) is 64.8 Å². The monoisotopic (exact) mass is 526 g/mol. The van der Waals surface area contributed by atoms with Crippen LogP contribution < -0.4 is 0 Å². The Labute approximate surface area is 181 Å². The Kier molecular flexibility index (Phi) is 18.2. The van der Waals surface area contributed by atoms with Gasteiger partial charge in [-0.1, -0.05) is 101 Å². The van der Waals surface area contributed by atoms with Gasteiger partial charge in [0.2, 0.25) is 0 Å². The standard InChI is InChI=1S/3C4H4S2.H4O7P2/c3*1-2-4-6-5-3-1;1-8(2,3)7-9(4,5)6/h3*1-4H;(H2,1,2,3)(H2,4,5,6). The van der Waals surface area contributed by atoms with E-state index in [0.29, 0.717) is 0 Å². The fraction of sp³-hybridized carbons (Fsp3) is 0. The SMILES string of the molecule is C1=CSSC=C1.C1=CSSC=C1.C1=CSSC=C1.O=P(O)(O)OP(=O)(O)O. The van der Waals surface area contributed by atoms with Crippen molar-refractivity contribution in [2.24, 2.45) is 0 Å². The highest BCUT2D eigenvalue weighted by molar-refractivity contribution is 8.79. The normalized spacial score (nSPS) is 17.0. The van der Waals surface area contributed by atoms with Gasteiger partial charge in [0, 0.05) is 0 Å². The lowest BCUT2D eigenvalue weighted by Gasteiger charge is -2.03. The minimum atomic E-state index is -5.05. The average molecular weight is 527 g/mol. The average Bonchev–Trinajstić information content (AvgIpc) is 2.65. The molecule has 3 rings (SSSR count). The van der Waals surface area contributed by atoms with Gasteiger partial charge in [0.25, 0.3) is 0 Å². The molecular weight excluding hydrogens is 510 g/mol. The Morgan fingerprint density at radius 2 is 0.667 bits per heavy atom. The van der Waals surface area contributed by atoms with E-state index in [0.717, 1.165) is 0 Å². The van der Waals surface area contributed by atoms with E-state index in [1.165, 1.54) is 0 Å². The summed E-state index contributed by atoms with van der Waals surface area (Å²) in [6.45, 7) is 0. The molecule has 3 aliphatic rings. The minimum absolute atomic E-state index is 1.74. The second-order valence-electron chi connectivity index (χ2n) is 3.61. The zero-order chi connectivity index (χ0) is 20.4. The first kappa shape index (κ1) is 27.8. The zero-order valence-corrected chi connectivity index (χ0v) is 20.0. The van der Waals surface area contributed by atoms with E-state index in [9.17, 15) is 9.13 Å². The summed E-state index contributed by atoms with van der Waals surface area (Å²) in [5.74, 6) is 0. The van der Waals surface area contributed by atoms with E-state index in [4.69, 9.17) is 19.6 Å². The summed E-state index contributed by atoms with van der Waals surface area (Å²) >= 11 is 0. The van der Waals surface area contributed by atoms with Crippen LogP contribution in [0.25, 0.3) is 0 Å². The van der Waals surface area contributed by atoms with E-state index in [1.807, 2.05) is 36.5 Å². The van der Waals surface area contributed by atoms with Crippen molar-refractivity contribution in [3.63, 3.8) is 0 Å². The van der Waals surface area contributed by atoms with Gasteiger partial charge in [-0.3, -0.25) is 0 Å². The molecule has 0 fully saturated rings. The van der Waals surface area contributed by atoms with Gasteiger partial charge in [-0.25, -0.2) is 9.13 Å². The van der Waals surface area contributed by atoms with E-state index >= 15 is 0 Å². The molecule has 3 aliphatic heterocycles. The first-order valence-corrected chi connectivity index (χ1v) is 16.3. The molecule has 0 unspecified atom stereocenters. The predicted octanol–water partition coefficient (Wildman–Crippen LogP) is 6.41. The third-order valence-corrected chi connectivity index (χ3v) is 8.16. The maximum absolute atomic E-state index is 9.63. The van der Waals surface area contributed by atoms with Crippen LogP contribution in [-0.2, 0) is 13.4 Å². The van der Waals surface area contributed by atoms with E-state index in [-0.39, 0.29) is 0 Å². The molecule has 0 aromatic rings. The van der Waals surface area contributed by atoms with E-state index in [2.05, 4.69) is 36.8 Å². The first-order chi connectivity index (χ1) is 12.7. The van der Waals surface area contributed by atoms with Gasteiger partial charge < -0.3 is 19.6 Å². The summed E-state index contributed by atoms with van der Waals surface area (Å²) in [5.41, 5.74) is 0. The number of hydrogen-bond donors (Lipinski definition) is 4. The molecule has 0 spiro atoms. The lowest BCUT2D eigenvalue weighted by Crippen LogP contribution is -1.84. The van der Waals surface area contributed by atoms with Crippen molar-refractivity contribution < 1.29 is 33.0 Å². The Morgan fingerprint density at radius 1 is 0.481 bits per heavy atom. The fourth-order valence-electron chi connectivity index (χ4n) is 0.796. The molecule has 3 heterocycles. The number of rotatable bonds is 2. The minimum Gasteiger partial charge on any atom is -0.302 e. The first-order valence-electron chi connectivity index (χ1n) is 6.44. The molecule has 0 amide bonds. The van der Waals surface area contributed by atoms with Crippen LogP contribution in [0, 0.1) is 0 Å². The summed E-state index contributed by atoms with van der Waals surface area (Å²) in [5, 5.41) is 12.4. The van der Waals surface area contributed by atoms with Crippen molar-refractivity contribution in [1.29, 1.82) is 0 Å². The van der Waals surface area contributed by atoms with Gasteiger partial charge >= 0.3 is 15.6 Å². The summed E-state index contributed by atoms with van der Waals surface area (Å²) < 4.78 is 22.2. The van der Waals surface area contributed by atoms with Crippen LogP contribution in [0.3, 0.4) is 0 Å². The molecule has 0 saturated heterocycles. The van der Waals surface area contributed by atoms with Crippen molar-refractivity contribution in [2.45, 2.75) is 0 Å². The van der Waals surface area contributed by atoms with E-state index < -0.39 is 15.6 Å². The van der Waals surface area contributed by atoms with Crippen LogP contribution in [-0.4, -0.2) is 19.6 Å². The van der Waals surface area contributed by atoms with Crippen LogP contribution >= 0.6 is 80.4 Å². The highest BCUT2D eigenvalue weighted by Crippen LogP contribution is 2.53. The van der Waals surface area contributed by atoms with Crippen LogP contribution in [0.4, 0.5) is 0 Å². The molecule has 0 saturated carbocycles. The molecule has 0 aromatic heterocycles. The molecule has 152 valence electrons. The van der Waals surface area contributed by atoms with Gasteiger partial charge in [0.15, 0.2) is 0 Å². The molecule has 0 aliphatic carbocycles. The molecule has 0 atom stereocenters. The molecular formula is C12H16O7P2S6. The quantitative estimate of drug-likeness (QED) is 0.234. The number of hydrogen-bond acceptors (Lipinski definition) is 9. The highest BCUT2D eigenvalue weighted by atomic mass is 33.1. The second kappa shape index (κ2) is 17.6. The third kappa shape index (κ3) is 26.8. The second-order valence-corrected chi connectivity index (χ2v) is 12.5. The molecule has 4 N–H and O–H groups in total.